The van der Waals surface area contributed by atoms with Gasteiger partial charge in [0.05, 0.1) is 30.1 Å². The molecule has 0 aliphatic carbocycles. The molecule has 0 unspecified atom stereocenters. The Labute approximate surface area is 163 Å². The highest BCUT2D eigenvalue weighted by Crippen LogP contribution is 2.48. The Bertz CT molecular complexity index is 715. The normalized spacial score (nSPS) is 41.3. The first kappa shape index (κ1) is 21.0. The molecule has 8 nitrogen and oxygen atoms in total. The van der Waals surface area contributed by atoms with Crippen molar-refractivity contribution in [1.82, 2.24) is 0 Å². The molecule has 0 amide bonds. The Hall–Kier alpha value is -1.74. The molecular formula is C20H28O8. The molecule has 2 bridgehead atoms. The van der Waals surface area contributed by atoms with E-state index in [0.29, 0.717) is 6.42 Å². The van der Waals surface area contributed by atoms with Crippen LogP contribution in [0.5, 0.6) is 0 Å². The smallest absolute Gasteiger partial charge is 0.334 e. The van der Waals surface area contributed by atoms with E-state index in [-0.39, 0.29) is 29.9 Å². The molecule has 2 saturated heterocycles. The van der Waals surface area contributed by atoms with Gasteiger partial charge in [-0.05, 0) is 19.4 Å². The van der Waals surface area contributed by atoms with Gasteiger partial charge >= 0.3 is 11.9 Å². The minimum absolute atomic E-state index is 0.0298. The van der Waals surface area contributed by atoms with E-state index in [1.54, 1.807) is 13.8 Å². The summed E-state index contributed by atoms with van der Waals surface area (Å²) in [7, 11) is 0. The van der Waals surface area contributed by atoms with E-state index < -0.39 is 54.2 Å². The van der Waals surface area contributed by atoms with Crippen molar-refractivity contribution >= 4 is 11.9 Å². The van der Waals surface area contributed by atoms with Crippen LogP contribution in [-0.2, 0) is 23.8 Å². The van der Waals surface area contributed by atoms with E-state index in [1.165, 1.54) is 6.08 Å². The van der Waals surface area contributed by atoms with Crippen molar-refractivity contribution in [3.8, 4) is 0 Å². The maximum absolute atomic E-state index is 12.5. The molecule has 3 N–H and O–H groups in total. The number of hydrogen-bond donors (Lipinski definition) is 3. The molecule has 7 atom stereocenters. The van der Waals surface area contributed by atoms with E-state index in [9.17, 15) is 24.9 Å². The van der Waals surface area contributed by atoms with Gasteiger partial charge < -0.3 is 29.5 Å². The fourth-order valence-corrected chi connectivity index (χ4v) is 4.11. The third kappa shape index (κ3) is 3.39. The molecule has 3 aliphatic heterocycles. The zero-order valence-corrected chi connectivity index (χ0v) is 16.4. The van der Waals surface area contributed by atoms with E-state index in [4.69, 9.17) is 14.2 Å². The minimum atomic E-state index is -1.90. The first-order valence-corrected chi connectivity index (χ1v) is 9.57. The molecule has 0 aromatic rings. The summed E-state index contributed by atoms with van der Waals surface area (Å²) in [5.74, 6) is -4.02. The van der Waals surface area contributed by atoms with Crippen LogP contribution in [0.3, 0.4) is 0 Å². The zero-order valence-electron chi connectivity index (χ0n) is 16.4. The highest BCUT2D eigenvalue weighted by atomic mass is 16.7. The standard InChI is InChI=1S/C20H28O8/c1-5-10(2)17(23)27-14-7-19(4)15(22)8-20(25,28-19)12(9-21)6-13-16(14)11(3)18(24)26-13/h6,10,13-16,21-22,25H,3,5,7-9H2,1-2,4H3/t10-,13+,14-,15+,16+,19+,20+/m1/s1. The molecule has 0 radical (unpaired) electrons. The average Bonchev–Trinajstić information content (AvgIpc) is 3.04. The predicted molar refractivity (Wildman–Crippen MR) is 96.7 cm³/mol. The summed E-state index contributed by atoms with van der Waals surface area (Å²) in [4.78, 5) is 24.7. The molecule has 3 aliphatic rings. The average molecular weight is 396 g/mol. The van der Waals surface area contributed by atoms with Crippen LogP contribution < -0.4 is 0 Å². The van der Waals surface area contributed by atoms with Crippen LogP contribution in [0.15, 0.2) is 23.8 Å². The van der Waals surface area contributed by atoms with Gasteiger partial charge in [-0.3, -0.25) is 4.79 Å². The second kappa shape index (κ2) is 7.26. The van der Waals surface area contributed by atoms with Crippen molar-refractivity contribution in [2.24, 2.45) is 11.8 Å². The summed E-state index contributed by atoms with van der Waals surface area (Å²) in [6, 6.07) is 0. The molecular weight excluding hydrogens is 368 g/mol. The summed E-state index contributed by atoms with van der Waals surface area (Å²) in [6.07, 6.45) is -0.933. The lowest BCUT2D eigenvalue weighted by Gasteiger charge is -2.35. The van der Waals surface area contributed by atoms with Crippen molar-refractivity contribution in [2.45, 2.75) is 69.7 Å². The quantitative estimate of drug-likeness (QED) is 0.359. The van der Waals surface area contributed by atoms with E-state index >= 15 is 0 Å². The topological polar surface area (TPSA) is 123 Å². The molecule has 3 heterocycles. The zero-order chi connectivity index (χ0) is 20.9. The maximum atomic E-state index is 12.5. The number of carbonyl (C=O) groups is 2. The summed E-state index contributed by atoms with van der Waals surface area (Å²) >= 11 is 0. The number of hydrogen-bond acceptors (Lipinski definition) is 8. The molecule has 3 rings (SSSR count). The number of rotatable bonds is 4. The highest BCUT2D eigenvalue weighted by molar-refractivity contribution is 5.91. The second-order valence-corrected chi connectivity index (χ2v) is 8.18. The molecule has 8 heteroatoms. The van der Waals surface area contributed by atoms with Gasteiger partial charge in [0.1, 0.15) is 12.2 Å². The van der Waals surface area contributed by atoms with Gasteiger partial charge in [-0.15, -0.1) is 0 Å². The van der Waals surface area contributed by atoms with Crippen LogP contribution >= 0.6 is 0 Å². The number of fused-ring (bicyclic) bond motifs is 3. The van der Waals surface area contributed by atoms with E-state index in [0.717, 1.165) is 0 Å². The van der Waals surface area contributed by atoms with Crippen molar-refractivity contribution in [2.75, 3.05) is 6.61 Å². The maximum Gasteiger partial charge on any atom is 0.334 e. The molecule has 28 heavy (non-hydrogen) atoms. The van der Waals surface area contributed by atoms with Gasteiger partial charge in [-0.2, -0.15) is 0 Å². The third-order valence-corrected chi connectivity index (χ3v) is 6.17. The van der Waals surface area contributed by atoms with Crippen molar-refractivity contribution in [3.05, 3.63) is 23.8 Å². The van der Waals surface area contributed by atoms with Crippen molar-refractivity contribution < 1.29 is 39.1 Å². The SMILES string of the molecule is C=C1C(=O)O[C@H]2C=C(CO)[C@]3(O)C[C@H](O)[C@](C)(C[C@@H](OC(=O)[C@H](C)CC)[C@@H]12)O3. The van der Waals surface area contributed by atoms with Gasteiger partial charge in [0, 0.05) is 24.0 Å². The Balaban J connectivity index is 2.07. The lowest BCUT2D eigenvalue weighted by molar-refractivity contribution is -0.211. The Morgan fingerprint density at radius 2 is 2.14 bits per heavy atom. The Morgan fingerprint density at radius 3 is 2.75 bits per heavy atom. The summed E-state index contributed by atoms with van der Waals surface area (Å²) in [6.45, 7) is 8.45. The predicted octanol–water partition coefficient (Wildman–Crippen LogP) is 0.593. The number of carbonyl (C=O) groups excluding carboxylic acids is 2. The second-order valence-electron chi connectivity index (χ2n) is 8.18. The summed E-state index contributed by atoms with van der Waals surface area (Å²) in [5, 5.41) is 31.3. The van der Waals surface area contributed by atoms with E-state index in [1.807, 2.05) is 6.92 Å². The van der Waals surface area contributed by atoms with Gasteiger partial charge in [0.15, 0.2) is 5.79 Å². The molecule has 0 spiro atoms. The summed E-state index contributed by atoms with van der Waals surface area (Å²) in [5.41, 5.74) is -1.03. The van der Waals surface area contributed by atoms with Crippen LogP contribution in [0.1, 0.15) is 40.0 Å². The first-order valence-electron chi connectivity index (χ1n) is 9.57. The fraction of sp³-hybridized carbons (Fsp3) is 0.700. The monoisotopic (exact) mass is 396 g/mol. The lowest BCUT2D eigenvalue weighted by Crippen LogP contribution is -2.45. The van der Waals surface area contributed by atoms with E-state index in [2.05, 4.69) is 6.58 Å². The minimum Gasteiger partial charge on any atom is -0.461 e. The first-order chi connectivity index (χ1) is 13.0. The van der Waals surface area contributed by atoms with Crippen LogP contribution in [-0.4, -0.2) is 63.6 Å². The van der Waals surface area contributed by atoms with Crippen LogP contribution in [0, 0.1) is 11.8 Å². The molecule has 0 aromatic carbocycles. The number of aliphatic hydroxyl groups is 3. The Kier molecular flexibility index (Phi) is 5.44. The van der Waals surface area contributed by atoms with Crippen molar-refractivity contribution in [1.29, 1.82) is 0 Å². The van der Waals surface area contributed by atoms with Gasteiger partial charge in [-0.25, -0.2) is 4.79 Å². The van der Waals surface area contributed by atoms with Crippen molar-refractivity contribution in [3.63, 3.8) is 0 Å². The molecule has 0 aromatic heterocycles. The third-order valence-electron chi connectivity index (χ3n) is 6.17. The largest absolute Gasteiger partial charge is 0.461 e. The number of esters is 2. The highest BCUT2D eigenvalue weighted by Gasteiger charge is 2.58. The van der Waals surface area contributed by atoms with Gasteiger partial charge in [0.25, 0.3) is 0 Å². The number of aliphatic hydroxyl groups excluding tert-OH is 2. The van der Waals surface area contributed by atoms with Gasteiger partial charge in [0.2, 0.25) is 0 Å². The molecule has 2 fully saturated rings. The lowest BCUT2D eigenvalue weighted by atomic mass is 9.80. The molecule has 0 saturated carbocycles. The number of ether oxygens (including phenoxy) is 3. The fourth-order valence-electron chi connectivity index (χ4n) is 4.11. The van der Waals surface area contributed by atoms with Crippen LogP contribution in [0.2, 0.25) is 0 Å². The van der Waals surface area contributed by atoms with Crippen LogP contribution in [0.4, 0.5) is 0 Å². The Morgan fingerprint density at radius 1 is 1.46 bits per heavy atom. The van der Waals surface area contributed by atoms with Gasteiger partial charge in [-0.1, -0.05) is 20.4 Å². The molecule has 156 valence electrons. The summed E-state index contributed by atoms with van der Waals surface area (Å²) < 4.78 is 16.9. The van der Waals surface area contributed by atoms with Crippen LogP contribution in [0.25, 0.3) is 0 Å².